The van der Waals surface area contributed by atoms with Crippen molar-refractivity contribution in [3.8, 4) is 0 Å². The van der Waals surface area contributed by atoms with Crippen molar-refractivity contribution >= 4 is 16.1 Å². The molecule has 4 aliphatic rings. The van der Waals surface area contributed by atoms with Gasteiger partial charge in [0.1, 0.15) is 5.60 Å². The zero-order chi connectivity index (χ0) is 20.3. The Kier molecular flexibility index (Phi) is 5.11. The first-order chi connectivity index (χ1) is 12.4. The molecule has 4 rings (SSSR count). The Morgan fingerprint density at radius 3 is 2.26 bits per heavy atom. The minimum absolute atomic E-state index is 0.209. The summed E-state index contributed by atoms with van der Waals surface area (Å²) in [5.74, 6) is -2.29. The average Bonchev–Trinajstić information content (AvgIpc) is 2.55. The first-order valence-corrected chi connectivity index (χ1v) is 10.6. The minimum Gasteiger partial charge on any atom is -0.453 e. The number of rotatable bonds is 7. The van der Waals surface area contributed by atoms with E-state index in [0.717, 1.165) is 6.42 Å². The molecular formula is C17H26F2O7S. The second-order valence-corrected chi connectivity index (χ2v) is 9.60. The summed E-state index contributed by atoms with van der Waals surface area (Å²) >= 11 is 0. The molecule has 0 aromatic heterocycles. The van der Waals surface area contributed by atoms with E-state index in [-0.39, 0.29) is 18.3 Å². The Balaban J connectivity index is 1.87. The van der Waals surface area contributed by atoms with Gasteiger partial charge in [0.05, 0.1) is 5.60 Å². The van der Waals surface area contributed by atoms with Crippen molar-refractivity contribution in [2.75, 3.05) is 7.11 Å². The quantitative estimate of drug-likeness (QED) is 0.390. The molecule has 4 saturated carbocycles. The van der Waals surface area contributed by atoms with E-state index in [4.69, 9.17) is 18.8 Å². The van der Waals surface area contributed by atoms with Crippen molar-refractivity contribution in [1.29, 1.82) is 0 Å². The highest BCUT2D eigenvalue weighted by Crippen LogP contribution is 2.63. The summed E-state index contributed by atoms with van der Waals surface area (Å²) in [6, 6.07) is 0. The molecule has 1 N–H and O–H groups in total. The first kappa shape index (κ1) is 20.9. The van der Waals surface area contributed by atoms with Gasteiger partial charge in [-0.3, -0.25) is 4.55 Å². The van der Waals surface area contributed by atoms with Crippen LogP contribution in [-0.4, -0.2) is 48.8 Å². The summed E-state index contributed by atoms with van der Waals surface area (Å²) in [4.78, 5) is 12.0. The minimum atomic E-state index is -5.89. The molecule has 0 spiro atoms. The third kappa shape index (κ3) is 3.28. The SMILES string of the molecule is CCC1(OC(=O)C(F)(F)S(=O)(=O)O)C2CC3CC1CC(OC(C)OC)(C3)C2. The number of hydrogen-bond acceptors (Lipinski definition) is 6. The molecular weight excluding hydrogens is 386 g/mol. The van der Waals surface area contributed by atoms with E-state index in [2.05, 4.69) is 0 Å². The Morgan fingerprint density at radius 1 is 1.26 bits per heavy atom. The van der Waals surface area contributed by atoms with E-state index in [9.17, 15) is 22.0 Å². The van der Waals surface area contributed by atoms with E-state index in [1.54, 1.807) is 21.0 Å². The summed E-state index contributed by atoms with van der Waals surface area (Å²) in [6.07, 6.45) is 3.21. The fourth-order valence-corrected chi connectivity index (χ4v) is 5.94. The zero-order valence-corrected chi connectivity index (χ0v) is 16.4. The van der Waals surface area contributed by atoms with Crippen LogP contribution >= 0.6 is 0 Å². The van der Waals surface area contributed by atoms with Crippen LogP contribution in [0.2, 0.25) is 0 Å². The standard InChI is InChI=1S/C17H26F2O7S/c1-4-16(26-14(20)17(18,19)27(21,22)23)12-5-11-6-13(16)9-15(7-11,8-12)25-10(2)24-3/h10-13H,4-9H2,1-3H3,(H,21,22,23). The lowest BCUT2D eigenvalue weighted by Crippen LogP contribution is -2.66. The fourth-order valence-electron chi connectivity index (χ4n) is 5.68. The molecule has 0 aliphatic heterocycles. The number of carbonyl (C=O) groups excluding carboxylic acids is 1. The fraction of sp³-hybridized carbons (Fsp3) is 0.941. The van der Waals surface area contributed by atoms with Crippen molar-refractivity contribution in [3.05, 3.63) is 0 Å². The molecule has 0 aromatic rings. The van der Waals surface area contributed by atoms with Crippen LogP contribution in [0.5, 0.6) is 0 Å². The van der Waals surface area contributed by atoms with Gasteiger partial charge in [-0.1, -0.05) is 6.92 Å². The van der Waals surface area contributed by atoms with Gasteiger partial charge in [0.15, 0.2) is 6.29 Å². The van der Waals surface area contributed by atoms with Crippen LogP contribution in [0.1, 0.15) is 52.4 Å². The lowest BCUT2D eigenvalue weighted by atomic mass is 9.47. The molecule has 0 heterocycles. The van der Waals surface area contributed by atoms with E-state index in [0.29, 0.717) is 31.6 Å². The van der Waals surface area contributed by atoms with E-state index in [1.807, 2.05) is 0 Å². The first-order valence-electron chi connectivity index (χ1n) is 9.18. The number of esters is 1. The second-order valence-electron chi connectivity index (χ2n) is 8.14. The largest absolute Gasteiger partial charge is 0.465 e. The van der Waals surface area contributed by atoms with Crippen LogP contribution in [0.15, 0.2) is 0 Å². The predicted molar refractivity (Wildman–Crippen MR) is 89.5 cm³/mol. The van der Waals surface area contributed by atoms with Gasteiger partial charge in [-0.2, -0.15) is 17.2 Å². The van der Waals surface area contributed by atoms with Crippen molar-refractivity contribution in [1.82, 2.24) is 0 Å². The number of halogens is 2. The number of hydrogen-bond donors (Lipinski definition) is 1. The normalized spacial score (nSPS) is 39.4. The number of ether oxygens (including phenoxy) is 3. The zero-order valence-electron chi connectivity index (χ0n) is 15.6. The van der Waals surface area contributed by atoms with Crippen molar-refractivity contribution in [2.45, 2.75) is 75.1 Å². The highest BCUT2D eigenvalue weighted by molar-refractivity contribution is 7.87. The summed E-state index contributed by atoms with van der Waals surface area (Å²) in [5, 5.41) is -4.98. The van der Waals surface area contributed by atoms with Crippen molar-refractivity contribution in [3.63, 3.8) is 0 Å². The van der Waals surface area contributed by atoms with Gasteiger partial charge < -0.3 is 14.2 Å². The van der Waals surface area contributed by atoms with Crippen LogP contribution in [0.3, 0.4) is 0 Å². The van der Waals surface area contributed by atoms with Gasteiger partial charge >= 0.3 is 21.3 Å². The molecule has 156 valence electrons. The molecule has 4 aliphatic carbocycles. The van der Waals surface area contributed by atoms with Gasteiger partial charge in [0.2, 0.25) is 0 Å². The van der Waals surface area contributed by atoms with Crippen LogP contribution in [0, 0.1) is 17.8 Å². The lowest BCUT2D eigenvalue weighted by molar-refractivity contribution is -0.289. The van der Waals surface area contributed by atoms with Gasteiger partial charge in [0, 0.05) is 18.9 Å². The highest BCUT2D eigenvalue weighted by atomic mass is 32.2. The Labute approximate surface area is 157 Å². The molecule has 7 nitrogen and oxygen atoms in total. The maximum atomic E-state index is 13.8. The molecule has 0 saturated heterocycles. The molecule has 0 aromatic carbocycles. The second kappa shape index (κ2) is 6.60. The van der Waals surface area contributed by atoms with Crippen LogP contribution in [-0.2, 0) is 29.1 Å². The molecule has 0 radical (unpaired) electrons. The monoisotopic (exact) mass is 412 g/mol. The van der Waals surface area contributed by atoms with Gasteiger partial charge in [0.25, 0.3) is 0 Å². The molecule has 0 amide bonds. The van der Waals surface area contributed by atoms with Crippen LogP contribution in [0.25, 0.3) is 0 Å². The Morgan fingerprint density at radius 2 is 1.81 bits per heavy atom. The molecule has 3 atom stereocenters. The molecule has 4 fully saturated rings. The van der Waals surface area contributed by atoms with Gasteiger partial charge in [-0.05, 0) is 51.4 Å². The Hall–Kier alpha value is -0.840. The molecule has 10 heteroatoms. The average molecular weight is 412 g/mol. The van der Waals surface area contributed by atoms with Crippen molar-refractivity contribution in [2.24, 2.45) is 17.8 Å². The molecule has 27 heavy (non-hydrogen) atoms. The lowest BCUT2D eigenvalue weighted by Gasteiger charge is -2.64. The summed E-state index contributed by atoms with van der Waals surface area (Å²) < 4.78 is 74.7. The van der Waals surface area contributed by atoms with E-state index < -0.39 is 38.8 Å². The summed E-state index contributed by atoms with van der Waals surface area (Å²) in [6.45, 7) is 3.53. The third-order valence-electron chi connectivity index (χ3n) is 6.66. The molecule has 3 unspecified atom stereocenters. The van der Waals surface area contributed by atoms with Crippen LogP contribution in [0.4, 0.5) is 8.78 Å². The smallest absolute Gasteiger partial charge is 0.453 e. The number of methoxy groups -OCH3 is 1. The topological polar surface area (TPSA) is 99.1 Å². The van der Waals surface area contributed by atoms with Gasteiger partial charge in [-0.25, -0.2) is 4.79 Å². The van der Waals surface area contributed by atoms with Crippen LogP contribution < -0.4 is 0 Å². The van der Waals surface area contributed by atoms with E-state index in [1.165, 1.54) is 0 Å². The third-order valence-corrected chi connectivity index (χ3v) is 7.47. The van der Waals surface area contributed by atoms with Gasteiger partial charge in [-0.15, -0.1) is 0 Å². The molecule has 4 bridgehead atoms. The Bertz CT molecular complexity index is 692. The van der Waals surface area contributed by atoms with E-state index >= 15 is 0 Å². The summed E-state index contributed by atoms with van der Waals surface area (Å²) in [7, 11) is -4.35. The highest BCUT2D eigenvalue weighted by Gasteiger charge is 2.66. The number of carbonyl (C=O) groups is 1. The maximum absolute atomic E-state index is 13.8. The van der Waals surface area contributed by atoms with Crippen molar-refractivity contribution < 1.29 is 40.8 Å². The summed E-state index contributed by atoms with van der Waals surface area (Å²) in [5.41, 5.74) is -1.62. The number of alkyl halides is 2. The predicted octanol–water partition coefficient (Wildman–Crippen LogP) is 2.75. The maximum Gasteiger partial charge on any atom is 0.465 e.